The molecule has 0 N–H and O–H groups in total. The molecule has 29 heavy (non-hydrogen) atoms. The van der Waals surface area contributed by atoms with E-state index >= 15 is 0 Å². The average molecular weight is 388 g/mol. The van der Waals surface area contributed by atoms with Gasteiger partial charge < -0.3 is 0 Å². The molecular formula is C25H26FN3. The molecular weight excluding hydrogens is 361 g/mol. The molecule has 1 aromatic carbocycles. The fourth-order valence-corrected chi connectivity index (χ4v) is 5.01. The first-order chi connectivity index (χ1) is 14.3. The molecule has 1 saturated carbocycles. The Morgan fingerprint density at radius 3 is 2.72 bits per heavy atom. The van der Waals surface area contributed by atoms with Crippen molar-refractivity contribution in [2.24, 2.45) is 11.8 Å². The minimum atomic E-state index is -0.231. The molecule has 0 aliphatic heterocycles. The van der Waals surface area contributed by atoms with E-state index in [1.54, 1.807) is 6.07 Å². The lowest BCUT2D eigenvalue weighted by atomic mass is 9.65. The number of hydrogen-bond acceptors (Lipinski definition) is 3. The van der Waals surface area contributed by atoms with Gasteiger partial charge in [-0.3, -0.25) is 15.0 Å². The Balaban J connectivity index is 0.00000218. The predicted octanol–water partition coefficient (Wildman–Crippen LogP) is 6.08. The van der Waals surface area contributed by atoms with Gasteiger partial charge in [-0.1, -0.05) is 37.1 Å². The van der Waals surface area contributed by atoms with Crippen LogP contribution in [0.5, 0.6) is 0 Å². The average Bonchev–Trinajstić information content (AvgIpc) is 2.77. The maximum absolute atomic E-state index is 13.5. The van der Waals surface area contributed by atoms with Gasteiger partial charge in [0.25, 0.3) is 0 Å². The standard InChI is InChI=1S/C25H24FN3.H2/c26-20-6-3-5-17(14-20)19-8-9-21(29-16-19)10-11-23-22-7-2-1-4-18(22)15-24-25(23)28-13-12-27-24;/h3,5-6,8-14,16,18,22-23H,1-2,4,7,15H2;1H/b11-10+;/t18-,22?,23-;/m0./s1. The first kappa shape index (κ1) is 18.2. The molecule has 4 heteroatoms. The number of halogens is 1. The van der Waals surface area contributed by atoms with Gasteiger partial charge in [0.2, 0.25) is 0 Å². The summed E-state index contributed by atoms with van der Waals surface area (Å²) >= 11 is 0. The highest BCUT2D eigenvalue weighted by Gasteiger charge is 2.38. The summed E-state index contributed by atoms with van der Waals surface area (Å²) in [5.41, 5.74) is 4.98. The van der Waals surface area contributed by atoms with Crippen molar-refractivity contribution in [3.63, 3.8) is 0 Å². The second-order valence-electron chi connectivity index (χ2n) is 8.17. The number of benzene rings is 1. The fourth-order valence-electron chi connectivity index (χ4n) is 5.01. The second-order valence-corrected chi connectivity index (χ2v) is 8.17. The van der Waals surface area contributed by atoms with Crippen LogP contribution in [0.15, 0.2) is 61.1 Å². The zero-order valence-electron chi connectivity index (χ0n) is 16.3. The fraction of sp³-hybridized carbons (Fsp3) is 0.320. The summed E-state index contributed by atoms with van der Waals surface area (Å²) in [4.78, 5) is 13.9. The zero-order valence-corrected chi connectivity index (χ0v) is 16.3. The van der Waals surface area contributed by atoms with E-state index in [-0.39, 0.29) is 7.24 Å². The minimum absolute atomic E-state index is 0. The largest absolute Gasteiger partial charge is 0.258 e. The highest BCUT2D eigenvalue weighted by Crippen LogP contribution is 2.46. The van der Waals surface area contributed by atoms with Crippen LogP contribution in [0, 0.1) is 17.7 Å². The van der Waals surface area contributed by atoms with Crippen molar-refractivity contribution in [3.8, 4) is 11.1 Å². The Morgan fingerprint density at radius 1 is 0.966 bits per heavy atom. The second kappa shape index (κ2) is 7.86. The van der Waals surface area contributed by atoms with Gasteiger partial charge in [-0.25, -0.2) is 4.39 Å². The highest BCUT2D eigenvalue weighted by molar-refractivity contribution is 5.63. The Bertz CT molecular complexity index is 1030. The summed E-state index contributed by atoms with van der Waals surface area (Å²) in [6.07, 6.45) is 16.1. The molecule has 2 heterocycles. The molecule has 3 atom stereocenters. The summed E-state index contributed by atoms with van der Waals surface area (Å²) < 4.78 is 13.5. The molecule has 148 valence electrons. The SMILES string of the molecule is Fc1cccc(-c2ccc(/C=C/[C@@H]3c4nccnc4C[C@@H]4CCCCC43)nc2)c1.[HH]. The van der Waals surface area contributed by atoms with Crippen molar-refractivity contribution in [1.29, 1.82) is 0 Å². The quantitative estimate of drug-likeness (QED) is 0.546. The lowest BCUT2D eigenvalue weighted by molar-refractivity contribution is 0.197. The summed E-state index contributed by atoms with van der Waals surface area (Å²) in [7, 11) is 0. The van der Waals surface area contributed by atoms with E-state index in [0.717, 1.165) is 28.9 Å². The Hall–Kier alpha value is -2.88. The third-order valence-electron chi connectivity index (χ3n) is 6.43. The van der Waals surface area contributed by atoms with Gasteiger partial charge in [-0.15, -0.1) is 0 Å². The van der Waals surface area contributed by atoms with Crippen molar-refractivity contribution in [3.05, 3.63) is 84.0 Å². The highest BCUT2D eigenvalue weighted by atomic mass is 19.1. The lowest BCUT2D eigenvalue weighted by Gasteiger charge is -2.40. The van der Waals surface area contributed by atoms with Crippen molar-refractivity contribution in [2.75, 3.05) is 0 Å². The molecule has 0 spiro atoms. The number of aromatic nitrogens is 3. The maximum atomic E-state index is 13.5. The topological polar surface area (TPSA) is 38.7 Å². The first-order valence-corrected chi connectivity index (χ1v) is 10.5. The monoisotopic (exact) mass is 387 g/mol. The molecule has 1 fully saturated rings. The molecule has 3 aromatic rings. The normalized spacial score (nSPS) is 23.6. The van der Waals surface area contributed by atoms with Crippen LogP contribution in [0.25, 0.3) is 17.2 Å². The summed E-state index contributed by atoms with van der Waals surface area (Å²) in [5, 5.41) is 0. The number of fused-ring (bicyclic) bond motifs is 2. The van der Waals surface area contributed by atoms with Crippen molar-refractivity contribution in [1.82, 2.24) is 15.0 Å². The van der Waals surface area contributed by atoms with Crippen molar-refractivity contribution >= 4 is 6.08 Å². The molecule has 2 aliphatic carbocycles. The van der Waals surface area contributed by atoms with Gasteiger partial charge in [-0.05, 0) is 60.9 Å². The van der Waals surface area contributed by atoms with Gasteiger partial charge in [-0.2, -0.15) is 0 Å². The molecule has 2 aliphatic rings. The van der Waals surface area contributed by atoms with Gasteiger partial charge in [0.05, 0.1) is 17.1 Å². The third kappa shape index (κ3) is 3.71. The van der Waals surface area contributed by atoms with Gasteiger partial charge >= 0.3 is 0 Å². The molecule has 0 saturated heterocycles. The van der Waals surface area contributed by atoms with Crippen LogP contribution in [0.1, 0.15) is 50.1 Å². The van der Waals surface area contributed by atoms with Crippen LogP contribution in [0.2, 0.25) is 0 Å². The molecule has 1 unspecified atom stereocenters. The van der Waals surface area contributed by atoms with Gasteiger partial charge in [0, 0.05) is 31.5 Å². The van der Waals surface area contributed by atoms with E-state index in [0.29, 0.717) is 17.8 Å². The Morgan fingerprint density at radius 2 is 1.86 bits per heavy atom. The smallest absolute Gasteiger partial charge is 0.123 e. The first-order valence-electron chi connectivity index (χ1n) is 10.5. The van der Waals surface area contributed by atoms with Crippen LogP contribution in [-0.2, 0) is 6.42 Å². The molecule has 5 rings (SSSR count). The van der Waals surface area contributed by atoms with Gasteiger partial charge in [0.15, 0.2) is 0 Å². The molecule has 0 amide bonds. The molecule has 3 nitrogen and oxygen atoms in total. The van der Waals surface area contributed by atoms with Crippen LogP contribution in [-0.4, -0.2) is 15.0 Å². The molecule has 2 aromatic heterocycles. The van der Waals surface area contributed by atoms with Crippen LogP contribution >= 0.6 is 0 Å². The van der Waals surface area contributed by atoms with Crippen molar-refractivity contribution in [2.45, 2.75) is 38.0 Å². The maximum Gasteiger partial charge on any atom is 0.123 e. The molecule has 0 radical (unpaired) electrons. The number of allylic oxidation sites excluding steroid dienone is 1. The Kier molecular flexibility index (Phi) is 4.92. The minimum Gasteiger partial charge on any atom is -0.258 e. The predicted molar refractivity (Wildman–Crippen MR) is 115 cm³/mol. The number of rotatable bonds is 3. The molecule has 0 bridgehead atoms. The van der Waals surface area contributed by atoms with E-state index < -0.39 is 0 Å². The van der Waals surface area contributed by atoms with E-state index in [1.165, 1.54) is 43.5 Å². The number of pyridine rings is 1. The zero-order chi connectivity index (χ0) is 19.6. The van der Waals surface area contributed by atoms with E-state index in [4.69, 9.17) is 4.98 Å². The summed E-state index contributed by atoms with van der Waals surface area (Å²) in [6, 6.07) is 10.6. The van der Waals surface area contributed by atoms with Crippen molar-refractivity contribution < 1.29 is 5.82 Å². The van der Waals surface area contributed by atoms with Crippen LogP contribution in [0.3, 0.4) is 0 Å². The van der Waals surface area contributed by atoms with E-state index in [9.17, 15) is 4.39 Å². The van der Waals surface area contributed by atoms with Crippen LogP contribution in [0.4, 0.5) is 4.39 Å². The lowest BCUT2D eigenvalue weighted by Crippen LogP contribution is -2.32. The van der Waals surface area contributed by atoms with Gasteiger partial charge in [0.1, 0.15) is 5.82 Å². The van der Waals surface area contributed by atoms with E-state index in [2.05, 4.69) is 22.1 Å². The summed E-state index contributed by atoms with van der Waals surface area (Å²) in [6.45, 7) is 0. The number of hydrogen-bond donors (Lipinski definition) is 0. The van der Waals surface area contributed by atoms with Crippen LogP contribution < -0.4 is 0 Å². The number of nitrogens with zero attached hydrogens (tertiary/aromatic N) is 3. The third-order valence-corrected chi connectivity index (χ3v) is 6.43. The van der Waals surface area contributed by atoms with E-state index in [1.807, 2.05) is 36.8 Å². The summed E-state index contributed by atoms with van der Waals surface area (Å²) in [5.74, 6) is 1.44. The Labute approximate surface area is 172 Å².